The molecule has 0 unspecified atom stereocenters. The third kappa shape index (κ3) is 3.15. The van der Waals surface area contributed by atoms with Gasteiger partial charge in [0.2, 0.25) is 11.8 Å². The number of nitrogens with zero attached hydrogens (tertiary/aromatic N) is 1. The number of carbonyl (C=O) groups excluding carboxylic acids is 4. The molecule has 194 valence electrons. The number of ketones is 2. The first-order chi connectivity index (χ1) is 17.7. The molecule has 9 atom stereocenters. The number of Topliss-reactive ketones (excluding diaryl/α,β-unsaturated/α-hetero) is 1. The van der Waals surface area contributed by atoms with Crippen LogP contribution in [0, 0.1) is 52.3 Å². The Labute approximate surface area is 219 Å². The molecule has 7 rings (SSSR count). The average Bonchev–Trinajstić information content (AvgIpc) is 3.32. The standard InChI is InChI=1S/C32H37NO4/c1-31-12-10-20(34)14-19(31)8-9-21-24(31)11-13-32(2)25(21)15-22-27-23(16-26(35)28(22)32)29(36)33(30(27)37)17-18-6-4-3-5-7-18/h3-7,14,21-25,27-28H,8-13,15-17H2,1-2H3/t21-,22+,23+,24+,25+,27-,28-,31+,32+/m1/s1. The molecule has 5 aliphatic carbocycles. The second-order valence-corrected chi connectivity index (χ2v) is 13.4. The number of hydrogen-bond donors (Lipinski definition) is 0. The van der Waals surface area contributed by atoms with Crippen molar-refractivity contribution >= 4 is 23.4 Å². The molecular formula is C32H37NO4. The van der Waals surface area contributed by atoms with Crippen molar-refractivity contribution in [2.75, 3.05) is 0 Å². The highest BCUT2D eigenvalue weighted by Crippen LogP contribution is 2.70. The second-order valence-electron chi connectivity index (χ2n) is 13.4. The Morgan fingerprint density at radius 2 is 1.68 bits per heavy atom. The maximum atomic E-state index is 13.8. The van der Waals surface area contributed by atoms with Crippen LogP contribution in [0.15, 0.2) is 42.0 Å². The van der Waals surface area contributed by atoms with Crippen molar-refractivity contribution in [2.24, 2.45) is 52.3 Å². The number of benzene rings is 1. The molecule has 1 saturated heterocycles. The number of allylic oxidation sites excluding steroid dienone is 1. The molecule has 0 aromatic heterocycles. The second kappa shape index (κ2) is 7.97. The summed E-state index contributed by atoms with van der Waals surface area (Å²) in [6.45, 7) is 5.01. The lowest BCUT2D eigenvalue weighted by atomic mass is 9.46. The van der Waals surface area contributed by atoms with Gasteiger partial charge >= 0.3 is 0 Å². The molecule has 5 nitrogen and oxygen atoms in total. The van der Waals surface area contributed by atoms with E-state index in [1.54, 1.807) is 0 Å². The minimum atomic E-state index is -0.479. The number of likely N-dealkylation sites (tertiary alicyclic amines) is 1. The molecular weight excluding hydrogens is 462 g/mol. The Bertz CT molecular complexity index is 1230. The van der Waals surface area contributed by atoms with Crippen molar-refractivity contribution in [1.29, 1.82) is 0 Å². The zero-order chi connectivity index (χ0) is 25.7. The fourth-order valence-electron chi connectivity index (χ4n) is 10.4. The van der Waals surface area contributed by atoms with Gasteiger partial charge in [-0.1, -0.05) is 49.8 Å². The van der Waals surface area contributed by atoms with Crippen LogP contribution in [-0.2, 0) is 25.7 Å². The van der Waals surface area contributed by atoms with Gasteiger partial charge in [0, 0.05) is 18.8 Å². The van der Waals surface area contributed by atoms with Gasteiger partial charge in [-0.3, -0.25) is 24.1 Å². The summed E-state index contributed by atoms with van der Waals surface area (Å²) >= 11 is 0. The van der Waals surface area contributed by atoms with Crippen LogP contribution in [0.2, 0.25) is 0 Å². The van der Waals surface area contributed by atoms with E-state index in [0.29, 0.717) is 30.7 Å². The minimum absolute atomic E-state index is 0.0186. The van der Waals surface area contributed by atoms with Crippen molar-refractivity contribution < 1.29 is 19.2 Å². The molecule has 1 aliphatic heterocycles. The van der Waals surface area contributed by atoms with Gasteiger partial charge in [-0.25, -0.2) is 0 Å². The van der Waals surface area contributed by atoms with E-state index < -0.39 is 5.92 Å². The number of fused-ring (bicyclic) bond motifs is 9. The molecule has 5 heteroatoms. The highest BCUT2D eigenvalue weighted by molar-refractivity contribution is 6.08. The van der Waals surface area contributed by atoms with E-state index in [-0.39, 0.29) is 58.4 Å². The topological polar surface area (TPSA) is 71.5 Å². The summed E-state index contributed by atoms with van der Waals surface area (Å²) in [6, 6.07) is 9.70. The van der Waals surface area contributed by atoms with Gasteiger partial charge in [0.1, 0.15) is 5.78 Å². The summed E-state index contributed by atoms with van der Waals surface area (Å²) in [7, 11) is 0. The van der Waals surface area contributed by atoms with Crippen molar-refractivity contribution in [3.8, 4) is 0 Å². The van der Waals surface area contributed by atoms with Gasteiger partial charge in [0.25, 0.3) is 0 Å². The van der Waals surface area contributed by atoms with Crippen molar-refractivity contribution in [1.82, 2.24) is 4.90 Å². The summed E-state index contributed by atoms with van der Waals surface area (Å²) in [5.41, 5.74) is 2.30. The zero-order valence-corrected chi connectivity index (χ0v) is 21.9. The molecule has 0 N–H and O–H groups in total. The van der Waals surface area contributed by atoms with Gasteiger partial charge in [0.15, 0.2) is 5.78 Å². The van der Waals surface area contributed by atoms with Crippen LogP contribution in [0.25, 0.3) is 0 Å². The minimum Gasteiger partial charge on any atom is -0.299 e. The Morgan fingerprint density at radius 1 is 0.892 bits per heavy atom. The molecule has 6 aliphatic rings. The first-order valence-electron chi connectivity index (χ1n) is 14.4. The molecule has 5 fully saturated rings. The summed E-state index contributed by atoms with van der Waals surface area (Å²) in [4.78, 5) is 54.7. The molecule has 2 amide bonds. The van der Waals surface area contributed by atoms with Crippen LogP contribution in [0.3, 0.4) is 0 Å². The Balaban J connectivity index is 1.20. The smallest absolute Gasteiger partial charge is 0.233 e. The largest absolute Gasteiger partial charge is 0.299 e. The summed E-state index contributed by atoms with van der Waals surface area (Å²) in [6.07, 6.45) is 8.81. The normalized spacial score (nSPS) is 44.5. The van der Waals surface area contributed by atoms with Crippen LogP contribution < -0.4 is 0 Å². The fourth-order valence-corrected chi connectivity index (χ4v) is 10.4. The molecule has 0 bridgehead atoms. The molecule has 0 radical (unpaired) electrons. The third-order valence-corrected chi connectivity index (χ3v) is 12.0. The van der Waals surface area contributed by atoms with E-state index in [1.165, 1.54) is 10.5 Å². The number of amides is 2. The van der Waals surface area contributed by atoms with E-state index >= 15 is 0 Å². The highest BCUT2D eigenvalue weighted by atomic mass is 16.2. The summed E-state index contributed by atoms with van der Waals surface area (Å²) < 4.78 is 0. The van der Waals surface area contributed by atoms with E-state index in [9.17, 15) is 19.2 Å². The van der Waals surface area contributed by atoms with E-state index in [0.717, 1.165) is 44.1 Å². The van der Waals surface area contributed by atoms with Gasteiger partial charge in [0.05, 0.1) is 18.4 Å². The Kier molecular flexibility index (Phi) is 5.07. The molecule has 4 saturated carbocycles. The number of rotatable bonds is 2. The first-order valence-corrected chi connectivity index (χ1v) is 14.4. The summed E-state index contributed by atoms with van der Waals surface area (Å²) in [5, 5.41) is 0. The van der Waals surface area contributed by atoms with Crippen LogP contribution in [0.5, 0.6) is 0 Å². The molecule has 1 heterocycles. The van der Waals surface area contributed by atoms with Crippen molar-refractivity contribution in [3.05, 3.63) is 47.5 Å². The Hall–Kier alpha value is -2.56. The summed E-state index contributed by atoms with van der Waals surface area (Å²) in [5.74, 6) is 0.838. The molecule has 37 heavy (non-hydrogen) atoms. The van der Waals surface area contributed by atoms with E-state index in [1.807, 2.05) is 36.4 Å². The third-order valence-electron chi connectivity index (χ3n) is 12.0. The molecule has 1 aromatic carbocycles. The SMILES string of the molecule is C[C@]12CC[C@H]3[C@@H](CCC4=CC(=O)CC[C@@]43C)[C@@H]1C[C@H]1[C@H]3C(=O)N(Cc4ccccc4)C(=O)[C@H]3CC(=O)[C@@H]12. The average molecular weight is 500 g/mol. The highest BCUT2D eigenvalue weighted by Gasteiger charge is 2.68. The lowest BCUT2D eigenvalue weighted by Crippen LogP contribution is -2.52. The fraction of sp³-hybridized carbons (Fsp3) is 0.625. The van der Waals surface area contributed by atoms with Gasteiger partial charge in [-0.2, -0.15) is 0 Å². The maximum absolute atomic E-state index is 13.8. The Morgan fingerprint density at radius 3 is 2.46 bits per heavy atom. The number of carbonyl (C=O) groups is 4. The first kappa shape index (κ1) is 23.5. The van der Waals surface area contributed by atoms with Crippen LogP contribution in [0.4, 0.5) is 0 Å². The lowest BCUT2D eigenvalue weighted by Gasteiger charge is -2.58. The van der Waals surface area contributed by atoms with Crippen LogP contribution >= 0.6 is 0 Å². The predicted molar refractivity (Wildman–Crippen MR) is 138 cm³/mol. The van der Waals surface area contributed by atoms with E-state index in [2.05, 4.69) is 13.8 Å². The quantitative estimate of drug-likeness (QED) is 0.529. The molecule has 0 spiro atoms. The van der Waals surface area contributed by atoms with Gasteiger partial charge in [-0.05, 0) is 84.7 Å². The number of imide groups is 1. The van der Waals surface area contributed by atoms with E-state index in [4.69, 9.17) is 0 Å². The maximum Gasteiger partial charge on any atom is 0.233 e. The zero-order valence-electron chi connectivity index (χ0n) is 21.9. The van der Waals surface area contributed by atoms with Gasteiger partial charge < -0.3 is 0 Å². The monoisotopic (exact) mass is 499 g/mol. The number of hydrogen-bond acceptors (Lipinski definition) is 4. The van der Waals surface area contributed by atoms with Crippen molar-refractivity contribution in [3.63, 3.8) is 0 Å². The predicted octanol–water partition coefficient (Wildman–Crippen LogP) is 5.13. The van der Waals surface area contributed by atoms with Crippen molar-refractivity contribution in [2.45, 2.75) is 71.8 Å². The van der Waals surface area contributed by atoms with Crippen LogP contribution in [0.1, 0.15) is 70.8 Å². The lowest BCUT2D eigenvalue weighted by molar-refractivity contribution is -0.142. The molecule has 1 aromatic rings. The van der Waals surface area contributed by atoms with Crippen LogP contribution in [-0.4, -0.2) is 28.3 Å². The van der Waals surface area contributed by atoms with Gasteiger partial charge in [-0.15, -0.1) is 0 Å².